The van der Waals surface area contributed by atoms with Crippen LogP contribution in [0.3, 0.4) is 0 Å². The van der Waals surface area contributed by atoms with Crippen LogP contribution in [0.4, 0.5) is 5.95 Å². The average molecular weight is 288 g/mol. The monoisotopic (exact) mass is 288 g/mol. The minimum atomic E-state index is 0.511. The number of nitrogens with zero attached hydrogens (tertiary/aromatic N) is 5. The summed E-state index contributed by atoms with van der Waals surface area (Å²) < 4.78 is 4.38. The molecule has 1 fully saturated rings. The van der Waals surface area contributed by atoms with Gasteiger partial charge in [0, 0.05) is 52.2 Å². The fourth-order valence-corrected chi connectivity index (χ4v) is 3.25. The topological polar surface area (TPSA) is 50.9 Å². The number of anilines is 1. The van der Waals surface area contributed by atoms with Crippen molar-refractivity contribution < 1.29 is 0 Å². The number of hydrogen-bond donors (Lipinski definition) is 1. The maximum Gasteiger partial charge on any atom is 0.204 e. The van der Waals surface area contributed by atoms with Crippen LogP contribution in [0.1, 0.15) is 31.0 Å². The lowest BCUT2D eigenvalue weighted by Gasteiger charge is -2.22. The zero-order valence-electron chi connectivity index (χ0n) is 13.0. The maximum absolute atomic E-state index is 4.46. The molecule has 0 aromatic carbocycles. The van der Waals surface area contributed by atoms with Gasteiger partial charge in [0.2, 0.25) is 5.95 Å². The van der Waals surface area contributed by atoms with Crippen molar-refractivity contribution in [2.24, 2.45) is 7.05 Å². The van der Waals surface area contributed by atoms with Crippen LogP contribution in [-0.2, 0) is 13.6 Å². The van der Waals surface area contributed by atoms with Crippen LogP contribution in [0.25, 0.3) is 0 Å². The molecule has 6 heteroatoms. The third-order valence-corrected chi connectivity index (χ3v) is 4.39. The average Bonchev–Trinajstić information content (AvgIpc) is 3.16. The van der Waals surface area contributed by atoms with Crippen molar-refractivity contribution in [3.05, 3.63) is 30.6 Å². The van der Waals surface area contributed by atoms with E-state index in [0.717, 1.165) is 12.5 Å². The molecule has 0 spiro atoms. The highest BCUT2D eigenvalue weighted by molar-refractivity contribution is 5.30. The lowest BCUT2D eigenvalue weighted by atomic mass is 10.1. The zero-order valence-corrected chi connectivity index (χ0v) is 13.0. The molecule has 2 aromatic rings. The molecule has 1 aliphatic carbocycles. The van der Waals surface area contributed by atoms with Crippen molar-refractivity contribution in [1.29, 1.82) is 0 Å². The lowest BCUT2D eigenvalue weighted by molar-refractivity contribution is 0.387. The molecule has 2 heterocycles. The highest BCUT2D eigenvalue weighted by Gasteiger charge is 2.28. The van der Waals surface area contributed by atoms with E-state index in [9.17, 15) is 0 Å². The van der Waals surface area contributed by atoms with E-state index < -0.39 is 0 Å². The van der Waals surface area contributed by atoms with E-state index in [4.69, 9.17) is 0 Å². The Kier molecular flexibility index (Phi) is 3.96. The Bertz CT molecular complexity index is 571. The van der Waals surface area contributed by atoms with E-state index in [1.54, 1.807) is 0 Å². The first-order valence-electron chi connectivity index (χ1n) is 7.55. The molecule has 1 N–H and O–H groups in total. The summed E-state index contributed by atoms with van der Waals surface area (Å²) in [5.41, 5.74) is 1.22. The number of aromatic nitrogens is 4. The Morgan fingerprint density at radius 3 is 2.90 bits per heavy atom. The van der Waals surface area contributed by atoms with Crippen LogP contribution in [-0.4, -0.2) is 39.2 Å². The highest BCUT2D eigenvalue weighted by atomic mass is 15.3. The second-order valence-corrected chi connectivity index (χ2v) is 6.00. The van der Waals surface area contributed by atoms with Gasteiger partial charge in [-0.2, -0.15) is 0 Å². The summed E-state index contributed by atoms with van der Waals surface area (Å²) in [6, 6.07) is 1.03. The van der Waals surface area contributed by atoms with Gasteiger partial charge in [-0.25, -0.2) is 9.97 Å². The predicted molar refractivity (Wildman–Crippen MR) is 83.3 cm³/mol. The number of rotatable bonds is 5. The minimum Gasteiger partial charge on any atom is -0.348 e. The Morgan fingerprint density at radius 2 is 2.24 bits per heavy atom. The molecular weight excluding hydrogens is 264 g/mol. The summed E-state index contributed by atoms with van der Waals surface area (Å²) in [5.74, 6) is 0.990. The van der Waals surface area contributed by atoms with Crippen LogP contribution < -0.4 is 10.2 Å². The molecule has 0 radical (unpaired) electrons. The SMILES string of the molecule is CN(C)c1ncc(CNC2CCCC2n2ccnc2)n1C. The van der Waals surface area contributed by atoms with E-state index in [-0.39, 0.29) is 0 Å². The third kappa shape index (κ3) is 2.81. The van der Waals surface area contributed by atoms with E-state index in [0.29, 0.717) is 12.1 Å². The molecular formula is C15H24N6. The molecule has 21 heavy (non-hydrogen) atoms. The van der Waals surface area contributed by atoms with Crippen LogP contribution in [0.5, 0.6) is 0 Å². The molecule has 0 amide bonds. The molecule has 2 unspecified atom stereocenters. The normalized spacial score (nSPS) is 21.9. The van der Waals surface area contributed by atoms with Gasteiger partial charge in [0.1, 0.15) is 0 Å². The second-order valence-electron chi connectivity index (χ2n) is 6.00. The van der Waals surface area contributed by atoms with Gasteiger partial charge in [-0.1, -0.05) is 0 Å². The van der Waals surface area contributed by atoms with Crippen molar-refractivity contribution in [3.63, 3.8) is 0 Å². The molecule has 0 bridgehead atoms. The number of imidazole rings is 2. The van der Waals surface area contributed by atoms with Crippen LogP contribution in [0.2, 0.25) is 0 Å². The fourth-order valence-electron chi connectivity index (χ4n) is 3.25. The second kappa shape index (κ2) is 5.89. The molecule has 2 atom stereocenters. The molecule has 1 saturated carbocycles. The van der Waals surface area contributed by atoms with Gasteiger partial charge in [-0.3, -0.25) is 0 Å². The summed E-state index contributed by atoms with van der Waals surface area (Å²) in [6.07, 6.45) is 11.5. The first kappa shape index (κ1) is 14.1. The number of hydrogen-bond acceptors (Lipinski definition) is 4. The van der Waals surface area contributed by atoms with Gasteiger partial charge in [-0.05, 0) is 19.3 Å². The van der Waals surface area contributed by atoms with Gasteiger partial charge >= 0.3 is 0 Å². The van der Waals surface area contributed by atoms with Gasteiger partial charge < -0.3 is 19.4 Å². The Labute approximate surface area is 125 Å². The van der Waals surface area contributed by atoms with Crippen LogP contribution in [0.15, 0.2) is 24.9 Å². The highest BCUT2D eigenvalue weighted by Crippen LogP contribution is 2.30. The van der Waals surface area contributed by atoms with Gasteiger partial charge in [-0.15, -0.1) is 0 Å². The molecule has 3 rings (SSSR count). The van der Waals surface area contributed by atoms with Crippen molar-refractivity contribution >= 4 is 5.95 Å². The zero-order chi connectivity index (χ0) is 14.8. The number of nitrogens with one attached hydrogen (secondary N) is 1. The summed E-state index contributed by atoms with van der Waals surface area (Å²) >= 11 is 0. The van der Waals surface area contributed by atoms with E-state index >= 15 is 0 Å². The first-order chi connectivity index (χ1) is 10.2. The van der Waals surface area contributed by atoms with Gasteiger partial charge in [0.25, 0.3) is 0 Å². The van der Waals surface area contributed by atoms with Crippen LogP contribution >= 0.6 is 0 Å². The van der Waals surface area contributed by atoms with Crippen molar-refractivity contribution in [2.45, 2.75) is 37.9 Å². The third-order valence-electron chi connectivity index (χ3n) is 4.39. The quantitative estimate of drug-likeness (QED) is 0.907. The molecule has 6 nitrogen and oxygen atoms in total. The van der Waals surface area contributed by atoms with Gasteiger partial charge in [0.15, 0.2) is 0 Å². The van der Waals surface area contributed by atoms with E-state index in [1.807, 2.05) is 37.7 Å². The summed E-state index contributed by atoms with van der Waals surface area (Å²) in [5, 5.41) is 3.70. The van der Waals surface area contributed by atoms with E-state index in [2.05, 4.69) is 37.7 Å². The largest absolute Gasteiger partial charge is 0.348 e. The molecule has 2 aromatic heterocycles. The molecule has 114 valence electrons. The van der Waals surface area contributed by atoms with Gasteiger partial charge in [0.05, 0.1) is 18.2 Å². The Balaban J connectivity index is 1.65. The minimum absolute atomic E-state index is 0.511. The molecule has 0 aliphatic heterocycles. The summed E-state index contributed by atoms with van der Waals surface area (Å²) in [7, 11) is 6.11. The summed E-state index contributed by atoms with van der Waals surface area (Å²) in [6.45, 7) is 0.854. The molecule has 1 aliphatic rings. The lowest BCUT2D eigenvalue weighted by Crippen LogP contribution is -2.33. The van der Waals surface area contributed by atoms with E-state index in [1.165, 1.54) is 25.0 Å². The fraction of sp³-hybridized carbons (Fsp3) is 0.600. The summed E-state index contributed by atoms with van der Waals surface area (Å²) in [4.78, 5) is 10.7. The Hall–Kier alpha value is -1.82. The van der Waals surface area contributed by atoms with Crippen molar-refractivity contribution in [3.8, 4) is 0 Å². The maximum atomic E-state index is 4.46. The molecule has 0 saturated heterocycles. The smallest absolute Gasteiger partial charge is 0.204 e. The van der Waals surface area contributed by atoms with Crippen LogP contribution in [0, 0.1) is 0 Å². The first-order valence-corrected chi connectivity index (χ1v) is 7.55. The van der Waals surface area contributed by atoms with Crippen molar-refractivity contribution in [1.82, 2.24) is 24.4 Å². The van der Waals surface area contributed by atoms with Crippen molar-refractivity contribution in [2.75, 3.05) is 19.0 Å². The predicted octanol–water partition coefficient (Wildman–Crippen LogP) is 1.57. The Morgan fingerprint density at radius 1 is 1.38 bits per heavy atom. The standard InChI is InChI=1S/C15H24N6/c1-19(2)15-18-10-12(20(15)3)9-17-13-5-4-6-14(13)21-8-7-16-11-21/h7-8,10-11,13-14,17H,4-6,9H2,1-3H3.